The van der Waals surface area contributed by atoms with Crippen molar-refractivity contribution >= 4 is 23.2 Å². The van der Waals surface area contributed by atoms with E-state index in [4.69, 9.17) is 5.73 Å². The van der Waals surface area contributed by atoms with Crippen molar-refractivity contribution in [3.8, 4) is 0 Å². The van der Waals surface area contributed by atoms with Crippen molar-refractivity contribution in [1.82, 2.24) is 0 Å². The molecule has 2 rings (SSSR count). The number of likely N-dealkylation sites (N-methyl/N-ethyl adjacent to an activating group) is 1. The molecule has 0 aliphatic rings. The Morgan fingerprint density at radius 3 is 2.27 bits per heavy atom. The van der Waals surface area contributed by atoms with Crippen LogP contribution < -0.4 is 16.0 Å². The maximum Gasteiger partial charge on any atom is 0.241 e. The van der Waals surface area contributed by atoms with E-state index in [0.29, 0.717) is 12.1 Å². The van der Waals surface area contributed by atoms with Gasteiger partial charge < -0.3 is 16.0 Å². The second kappa shape index (κ2) is 9.15. The highest BCUT2D eigenvalue weighted by Crippen LogP contribution is 2.15. The van der Waals surface area contributed by atoms with Crippen molar-refractivity contribution in [3.63, 3.8) is 0 Å². The summed E-state index contributed by atoms with van der Waals surface area (Å²) in [4.78, 5) is 26.2. The third-order valence-electron chi connectivity index (χ3n) is 4.65. The summed E-state index contributed by atoms with van der Waals surface area (Å²) in [6.45, 7) is 3.97. The number of nitrogens with zero attached hydrogens (tertiary/aromatic N) is 1. The maximum absolute atomic E-state index is 12.4. The van der Waals surface area contributed by atoms with E-state index in [-0.39, 0.29) is 17.7 Å². The number of hydrogen-bond acceptors (Lipinski definition) is 3. The van der Waals surface area contributed by atoms with E-state index in [9.17, 15) is 9.59 Å². The van der Waals surface area contributed by atoms with Crippen LogP contribution in [0.3, 0.4) is 0 Å². The molecule has 2 amide bonds. The molecule has 0 fully saturated rings. The first-order valence-corrected chi connectivity index (χ1v) is 8.89. The van der Waals surface area contributed by atoms with Gasteiger partial charge in [0.05, 0.1) is 12.5 Å². The second-order valence-electron chi connectivity index (χ2n) is 6.56. The van der Waals surface area contributed by atoms with E-state index in [1.807, 2.05) is 56.3 Å². The van der Waals surface area contributed by atoms with Crippen LogP contribution in [0.25, 0.3) is 0 Å². The first kappa shape index (κ1) is 19.7. The van der Waals surface area contributed by atoms with Gasteiger partial charge >= 0.3 is 0 Å². The molecule has 0 aliphatic carbocycles. The summed E-state index contributed by atoms with van der Waals surface area (Å²) < 4.78 is 0. The maximum atomic E-state index is 12.4. The van der Waals surface area contributed by atoms with Gasteiger partial charge in [-0.3, -0.25) is 9.59 Å². The highest BCUT2D eigenvalue weighted by Gasteiger charge is 2.19. The molecule has 2 aromatic carbocycles. The summed E-state index contributed by atoms with van der Waals surface area (Å²) in [7, 11) is 1.77. The average molecular weight is 353 g/mol. The van der Waals surface area contributed by atoms with Crippen molar-refractivity contribution in [1.29, 1.82) is 0 Å². The lowest BCUT2D eigenvalue weighted by Gasteiger charge is -2.18. The minimum Gasteiger partial charge on any atom is -0.325 e. The molecule has 2 atom stereocenters. The Hall–Kier alpha value is -2.66. The van der Waals surface area contributed by atoms with E-state index in [1.165, 1.54) is 0 Å². The molecule has 3 N–H and O–H groups in total. The number of hydrogen-bond donors (Lipinski definition) is 2. The Morgan fingerprint density at radius 2 is 1.69 bits per heavy atom. The molecule has 5 heteroatoms. The number of rotatable bonds is 7. The van der Waals surface area contributed by atoms with Gasteiger partial charge in [-0.1, -0.05) is 50.6 Å². The molecule has 0 saturated carbocycles. The molecule has 138 valence electrons. The Bertz CT molecular complexity index is 729. The molecule has 0 bridgehead atoms. The number of nitrogens with one attached hydrogen (secondary N) is 1. The second-order valence-corrected chi connectivity index (χ2v) is 6.56. The predicted octanol–water partition coefficient (Wildman–Crippen LogP) is 3.20. The van der Waals surface area contributed by atoms with Crippen molar-refractivity contribution in [2.75, 3.05) is 17.3 Å². The van der Waals surface area contributed by atoms with Gasteiger partial charge in [-0.25, -0.2) is 0 Å². The highest BCUT2D eigenvalue weighted by molar-refractivity contribution is 5.95. The molecule has 26 heavy (non-hydrogen) atoms. The fraction of sp³-hybridized carbons (Fsp3) is 0.333. The average Bonchev–Trinajstić information content (AvgIpc) is 2.68. The number of benzene rings is 2. The van der Waals surface area contributed by atoms with Crippen LogP contribution in [-0.4, -0.2) is 24.9 Å². The summed E-state index contributed by atoms with van der Waals surface area (Å²) in [6, 6.07) is 16.3. The van der Waals surface area contributed by atoms with Crippen LogP contribution in [0.1, 0.15) is 25.8 Å². The van der Waals surface area contributed by atoms with Gasteiger partial charge in [-0.15, -0.1) is 0 Å². The molecule has 0 radical (unpaired) electrons. The van der Waals surface area contributed by atoms with Crippen LogP contribution >= 0.6 is 0 Å². The number of carbonyl (C=O) groups excluding carboxylic acids is 2. The zero-order valence-electron chi connectivity index (χ0n) is 15.6. The van der Waals surface area contributed by atoms with Gasteiger partial charge in [0.15, 0.2) is 0 Å². The van der Waals surface area contributed by atoms with Gasteiger partial charge in [-0.2, -0.15) is 0 Å². The summed E-state index contributed by atoms with van der Waals surface area (Å²) in [5, 5.41) is 2.83. The molecule has 0 spiro atoms. The Morgan fingerprint density at radius 1 is 1.08 bits per heavy atom. The summed E-state index contributed by atoms with van der Waals surface area (Å²) >= 11 is 0. The van der Waals surface area contributed by atoms with Gasteiger partial charge in [0.1, 0.15) is 0 Å². The largest absolute Gasteiger partial charge is 0.325 e. The SMILES string of the molecule is CCC(C)C(N)C(=O)Nc1ccc(CC(=O)N(C)c2ccccc2)cc1. The Labute approximate surface area is 155 Å². The lowest BCUT2D eigenvalue weighted by atomic mass is 9.99. The zero-order chi connectivity index (χ0) is 19.1. The van der Waals surface area contributed by atoms with Crippen LogP contribution in [0.4, 0.5) is 11.4 Å². The lowest BCUT2D eigenvalue weighted by molar-refractivity contribution is -0.118. The first-order valence-electron chi connectivity index (χ1n) is 8.89. The normalized spacial score (nSPS) is 12.9. The molecule has 2 aromatic rings. The fourth-order valence-corrected chi connectivity index (χ4v) is 2.53. The number of nitrogens with two attached hydrogens (primary N) is 1. The Kier molecular flexibility index (Phi) is 6.92. The first-order chi connectivity index (χ1) is 12.4. The van der Waals surface area contributed by atoms with Crippen LogP contribution in [0, 0.1) is 5.92 Å². The van der Waals surface area contributed by atoms with Crippen molar-refractivity contribution in [3.05, 3.63) is 60.2 Å². The molecule has 5 nitrogen and oxygen atoms in total. The molecule has 0 saturated heterocycles. The molecule has 2 unspecified atom stereocenters. The third kappa shape index (κ3) is 5.17. The molecule has 0 heterocycles. The molecular weight excluding hydrogens is 326 g/mol. The minimum atomic E-state index is -0.527. The van der Waals surface area contributed by atoms with Crippen LogP contribution in [0.2, 0.25) is 0 Å². The summed E-state index contributed by atoms with van der Waals surface area (Å²) in [5.41, 5.74) is 8.38. The summed E-state index contributed by atoms with van der Waals surface area (Å²) in [5.74, 6) is -0.0563. The topological polar surface area (TPSA) is 75.4 Å². The van der Waals surface area contributed by atoms with Gasteiger partial charge in [0.25, 0.3) is 0 Å². The van der Waals surface area contributed by atoms with Crippen molar-refractivity contribution < 1.29 is 9.59 Å². The van der Waals surface area contributed by atoms with Crippen LogP contribution in [0.5, 0.6) is 0 Å². The lowest BCUT2D eigenvalue weighted by Crippen LogP contribution is -2.40. The van der Waals surface area contributed by atoms with Crippen molar-refractivity contribution in [2.45, 2.75) is 32.7 Å². The zero-order valence-corrected chi connectivity index (χ0v) is 15.6. The Balaban J connectivity index is 1.95. The number of carbonyl (C=O) groups is 2. The summed E-state index contributed by atoms with van der Waals surface area (Å²) in [6.07, 6.45) is 1.15. The van der Waals surface area contributed by atoms with E-state index in [0.717, 1.165) is 17.7 Å². The predicted molar refractivity (Wildman–Crippen MR) is 106 cm³/mol. The van der Waals surface area contributed by atoms with E-state index >= 15 is 0 Å². The molecule has 0 aliphatic heterocycles. The number of anilines is 2. The molecular formula is C21H27N3O2. The molecule has 0 aromatic heterocycles. The van der Waals surface area contributed by atoms with Crippen molar-refractivity contribution in [2.24, 2.45) is 11.7 Å². The van der Waals surface area contributed by atoms with Gasteiger partial charge in [0.2, 0.25) is 11.8 Å². The fourth-order valence-electron chi connectivity index (χ4n) is 2.53. The van der Waals surface area contributed by atoms with Crippen LogP contribution in [0.15, 0.2) is 54.6 Å². The third-order valence-corrected chi connectivity index (χ3v) is 4.65. The highest BCUT2D eigenvalue weighted by atomic mass is 16.2. The van der Waals surface area contributed by atoms with E-state index < -0.39 is 6.04 Å². The van der Waals surface area contributed by atoms with Crippen LogP contribution in [-0.2, 0) is 16.0 Å². The monoisotopic (exact) mass is 353 g/mol. The van der Waals surface area contributed by atoms with Gasteiger partial charge in [0, 0.05) is 18.4 Å². The standard InChI is InChI=1S/C21H27N3O2/c1-4-15(2)20(22)21(26)23-17-12-10-16(11-13-17)14-19(25)24(3)18-8-6-5-7-9-18/h5-13,15,20H,4,14,22H2,1-3H3,(H,23,26). The van der Waals surface area contributed by atoms with E-state index in [1.54, 1.807) is 24.1 Å². The minimum absolute atomic E-state index is 0.00628. The van der Waals surface area contributed by atoms with E-state index in [2.05, 4.69) is 5.32 Å². The number of amides is 2. The van der Waals surface area contributed by atoms with Gasteiger partial charge in [-0.05, 0) is 35.7 Å². The quantitative estimate of drug-likeness (QED) is 0.802. The number of para-hydroxylation sites is 1. The smallest absolute Gasteiger partial charge is 0.241 e.